The van der Waals surface area contributed by atoms with Crippen LogP contribution >= 0.6 is 0 Å². The van der Waals surface area contributed by atoms with Crippen molar-refractivity contribution in [3.63, 3.8) is 0 Å². The molecule has 4 nitrogen and oxygen atoms in total. The maximum absolute atomic E-state index is 4.55. The first-order valence-electron chi connectivity index (χ1n) is 5.77. The Hall–Kier alpha value is -1.16. The van der Waals surface area contributed by atoms with Crippen LogP contribution in [-0.2, 0) is 12.8 Å². The first-order chi connectivity index (χ1) is 7.58. The molecule has 0 bridgehead atoms. The molecule has 0 aromatic carbocycles. The minimum Gasteiger partial charge on any atom is -0.373 e. The number of nitrogens with one attached hydrogen (secondary N) is 1. The molecular weight excluding hydrogens is 200 g/mol. The van der Waals surface area contributed by atoms with E-state index in [1.165, 1.54) is 5.56 Å². The summed E-state index contributed by atoms with van der Waals surface area (Å²) in [5.74, 6) is 1.90. The zero-order valence-electron chi connectivity index (χ0n) is 11.0. The van der Waals surface area contributed by atoms with Crippen molar-refractivity contribution < 1.29 is 0 Å². The van der Waals surface area contributed by atoms with Crippen molar-refractivity contribution >= 4 is 5.82 Å². The van der Waals surface area contributed by atoms with Gasteiger partial charge in [-0.05, 0) is 27.4 Å². The lowest BCUT2D eigenvalue weighted by molar-refractivity contribution is 0.409. The van der Waals surface area contributed by atoms with E-state index in [-0.39, 0.29) is 0 Å². The Balaban J connectivity index is 2.92. The highest BCUT2D eigenvalue weighted by Gasteiger charge is 2.08. The van der Waals surface area contributed by atoms with Gasteiger partial charge in [-0.2, -0.15) is 0 Å². The molecule has 0 spiro atoms. The lowest BCUT2D eigenvalue weighted by Crippen LogP contribution is -2.17. The normalized spacial score (nSPS) is 10.9. The highest BCUT2D eigenvalue weighted by Crippen LogP contribution is 2.16. The van der Waals surface area contributed by atoms with Crippen LogP contribution in [0.1, 0.15) is 24.0 Å². The summed E-state index contributed by atoms with van der Waals surface area (Å²) in [6.07, 6.45) is 1.86. The van der Waals surface area contributed by atoms with Crippen LogP contribution in [0.15, 0.2) is 0 Å². The number of aromatic nitrogens is 2. The molecular formula is C12H22N4. The number of nitrogens with zero attached hydrogens (tertiary/aromatic N) is 3. The lowest BCUT2D eigenvalue weighted by atomic mass is 10.1. The van der Waals surface area contributed by atoms with Crippen LogP contribution in [0, 0.1) is 6.92 Å². The number of rotatable bonds is 5. The Labute approximate surface area is 98.1 Å². The Bertz CT molecular complexity index is 347. The van der Waals surface area contributed by atoms with Gasteiger partial charge < -0.3 is 10.2 Å². The van der Waals surface area contributed by atoms with Gasteiger partial charge in [-0.1, -0.05) is 6.92 Å². The number of likely N-dealkylation sites (N-methyl/N-ethyl adjacent to an activating group) is 1. The molecule has 1 aromatic rings. The molecule has 0 saturated carbocycles. The van der Waals surface area contributed by atoms with Crippen molar-refractivity contribution in [2.75, 3.05) is 33.0 Å². The number of hydrogen-bond donors (Lipinski definition) is 1. The van der Waals surface area contributed by atoms with Crippen LogP contribution in [0.4, 0.5) is 5.82 Å². The van der Waals surface area contributed by atoms with Gasteiger partial charge in [0.2, 0.25) is 0 Å². The van der Waals surface area contributed by atoms with Gasteiger partial charge in [0.25, 0.3) is 0 Å². The predicted octanol–water partition coefficient (Wildman–Crippen LogP) is 1.49. The summed E-state index contributed by atoms with van der Waals surface area (Å²) in [5, 5.41) is 3.15. The number of aryl methyl sites for hydroxylation is 1. The largest absolute Gasteiger partial charge is 0.373 e. The summed E-state index contributed by atoms with van der Waals surface area (Å²) in [6, 6.07) is 0. The Morgan fingerprint density at radius 3 is 2.44 bits per heavy atom. The second-order valence-electron chi connectivity index (χ2n) is 4.21. The second-order valence-corrected chi connectivity index (χ2v) is 4.21. The third kappa shape index (κ3) is 3.17. The Kier molecular flexibility index (Phi) is 4.68. The maximum Gasteiger partial charge on any atom is 0.132 e. The quantitative estimate of drug-likeness (QED) is 0.819. The Morgan fingerprint density at radius 2 is 1.94 bits per heavy atom. The summed E-state index contributed by atoms with van der Waals surface area (Å²) in [7, 11) is 6.04. The van der Waals surface area contributed by atoms with Gasteiger partial charge in [0.05, 0.1) is 0 Å². The molecule has 16 heavy (non-hydrogen) atoms. The van der Waals surface area contributed by atoms with E-state index in [4.69, 9.17) is 0 Å². The third-order valence-corrected chi connectivity index (χ3v) is 2.63. The van der Waals surface area contributed by atoms with Gasteiger partial charge in [0.1, 0.15) is 11.6 Å². The van der Waals surface area contributed by atoms with E-state index >= 15 is 0 Å². The van der Waals surface area contributed by atoms with E-state index in [9.17, 15) is 0 Å². The minimum absolute atomic E-state index is 0.895. The van der Waals surface area contributed by atoms with Crippen molar-refractivity contribution in [2.24, 2.45) is 0 Å². The van der Waals surface area contributed by atoms with E-state index in [2.05, 4.69) is 48.1 Å². The highest BCUT2D eigenvalue weighted by atomic mass is 15.1. The molecule has 1 aromatic heterocycles. The fourth-order valence-electron chi connectivity index (χ4n) is 1.72. The first-order valence-corrected chi connectivity index (χ1v) is 5.77. The molecule has 0 radical (unpaired) electrons. The minimum atomic E-state index is 0.895. The van der Waals surface area contributed by atoms with Gasteiger partial charge in [-0.15, -0.1) is 0 Å². The fourth-order valence-corrected chi connectivity index (χ4v) is 1.72. The molecule has 90 valence electrons. The van der Waals surface area contributed by atoms with Gasteiger partial charge in [0, 0.05) is 31.3 Å². The van der Waals surface area contributed by atoms with Crippen molar-refractivity contribution in [3.8, 4) is 0 Å². The number of hydrogen-bond acceptors (Lipinski definition) is 4. The average Bonchev–Trinajstić information content (AvgIpc) is 2.25. The molecule has 1 N–H and O–H groups in total. The van der Waals surface area contributed by atoms with Crippen molar-refractivity contribution in [1.82, 2.24) is 14.9 Å². The fraction of sp³-hybridized carbons (Fsp3) is 0.667. The molecule has 1 heterocycles. The van der Waals surface area contributed by atoms with Crippen molar-refractivity contribution in [3.05, 3.63) is 17.1 Å². The molecule has 4 heteroatoms. The van der Waals surface area contributed by atoms with Crippen LogP contribution in [0.25, 0.3) is 0 Å². The monoisotopic (exact) mass is 222 g/mol. The molecule has 0 saturated heterocycles. The molecule has 0 fully saturated rings. The van der Waals surface area contributed by atoms with Crippen molar-refractivity contribution in [2.45, 2.75) is 26.7 Å². The van der Waals surface area contributed by atoms with Crippen LogP contribution in [0.2, 0.25) is 0 Å². The Morgan fingerprint density at radius 1 is 1.25 bits per heavy atom. The molecule has 0 aliphatic carbocycles. The average molecular weight is 222 g/mol. The van der Waals surface area contributed by atoms with Crippen LogP contribution in [0.5, 0.6) is 0 Å². The zero-order chi connectivity index (χ0) is 12.1. The summed E-state index contributed by atoms with van der Waals surface area (Å²) in [6.45, 7) is 5.17. The highest BCUT2D eigenvalue weighted by molar-refractivity contribution is 5.45. The summed E-state index contributed by atoms with van der Waals surface area (Å²) in [4.78, 5) is 11.2. The topological polar surface area (TPSA) is 41.1 Å². The molecule has 0 atom stereocenters. The standard InChI is InChI=1S/C12H22N4/c1-6-10-9(2)14-11(7-8-16(4)5)15-12(10)13-3/h6-8H2,1-5H3,(H,13,14,15). The molecule has 0 aliphatic heterocycles. The van der Waals surface area contributed by atoms with E-state index in [1.54, 1.807) is 0 Å². The lowest BCUT2D eigenvalue weighted by Gasteiger charge is -2.13. The van der Waals surface area contributed by atoms with Gasteiger partial charge in [-0.3, -0.25) is 0 Å². The molecule has 0 amide bonds. The van der Waals surface area contributed by atoms with Gasteiger partial charge >= 0.3 is 0 Å². The summed E-state index contributed by atoms with van der Waals surface area (Å²) < 4.78 is 0. The van der Waals surface area contributed by atoms with E-state index in [0.29, 0.717) is 0 Å². The summed E-state index contributed by atoms with van der Waals surface area (Å²) in [5.41, 5.74) is 2.31. The predicted molar refractivity (Wildman–Crippen MR) is 68.0 cm³/mol. The van der Waals surface area contributed by atoms with Gasteiger partial charge in [0.15, 0.2) is 0 Å². The molecule has 0 aliphatic rings. The third-order valence-electron chi connectivity index (χ3n) is 2.63. The maximum atomic E-state index is 4.55. The molecule has 0 unspecified atom stereocenters. The van der Waals surface area contributed by atoms with Crippen LogP contribution < -0.4 is 5.32 Å². The first kappa shape index (κ1) is 12.9. The molecule has 1 rings (SSSR count). The van der Waals surface area contributed by atoms with Crippen LogP contribution in [-0.4, -0.2) is 42.6 Å². The van der Waals surface area contributed by atoms with Crippen molar-refractivity contribution in [1.29, 1.82) is 0 Å². The van der Waals surface area contributed by atoms with Crippen LogP contribution in [0.3, 0.4) is 0 Å². The second kappa shape index (κ2) is 5.80. The van der Waals surface area contributed by atoms with E-state index in [0.717, 1.165) is 36.7 Å². The van der Waals surface area contributed by atoms with Gasteiger partial charge in [-0.25, -0.2) is 9.97 Å². The zero-order valence-corrected chi connectivity index (χ0v) is 11.0. The summed E-state index contributed by atoms with van der Waals surface area (Å²) >= 11 is 0. The van der Waals surface area contributed by atoms with E-state index in [1.807, 2.05) is 7.05 Å². The smallest absolute Gasteiger partial charge is 0.132 e. The van der Waals surface area contributed by atoms with E-state index < -0.39 is 0 Å². The number of anilines is 1. The SMILES string of the molecule is CCc1c(C)nc(CCN(C)C)nc1NC.